The van der Waals surface area contributed by atoms with Crippen molar-refractivity contribution in [3.05, 3.63) is 24.0 Å². The van der Waals surface area contributed by atoms with Gasteiger partial charge in [0, 0.05) is 57.0 Å². The number of anilines is 1. The number of ether oxygens (including phenoxy) is 1. The molecule has 0 aliphatic carbocycles. The summed E-state index contributed by atoms with van der Waals surface area (Å²) < 4.78 is 5.43. The predicted octanol–water partition coefficient (Wildman–Crippen LogP) is 2.05. The second-order valence-electron chi connectivity index (χ2n) is 5.22. The standard InChI is InChI=1S/C15H25N3O/c1-3-16-10-14-11-17-7-4-15(14)18(2)12-13-5-8-19-9-6-13/h4,7,11,13,16H,3,5-6,8-10,12H2,1-2H3. The van der Waals surface area contributed by atoms with Crippen LogP contribution in [0.1, 0.15) is 25.3 Å². The van der Waals surface area contributed by atoms with Gasteiger partial charge in [0.25, 0.3) is 0 Å². The molecule has 0 amide bonds. The van der Waals surface area contributed by atoms with Crippen molar-refractivity contribution in [3.63, 3.8) is 0 Å². The Bertz CT molecular complexity index is 377. The number of nitrogens with zero attached hydrogens (tertiary/aromatic N) is 2. The number of pyridine rings is 1. The van der Waals surface area contributed by atoms with E-state index >= 15 is 0 Å². The Morgan fingerprint density at radius 2 is 2.21 bits per heavy atom. The predicted molar refractivity (Wildman–Crippen MR) is 78.4 cm³/mol. The van der Waals surface area contributed by atoms with E-state index in [0.29, 0.717) is 0 Å². The molecular weight excluding hydrogens is 238 g/mol. The topological polar surface area (TPSA) is 37.4 Å². The first kappa shape index (κ1) is 14.3. The molecule has 4 heteroatoms. The molecule has 4 nitrogen and oxygen atoms in total. The maximum absolute atomic E-state index is 5.43. The van der Waals surface area contributed by atoms with Crippen LogP contribution < -0.4 is 10.2 Å². The van der Waals surface area contributed by atoms with Crippen molar-refractivity contribution < 1.29 is 4.74 Å². The molecule has 0 saturated carbocycles. The van der Waals surface area contributed by atoms with E-state index in [4.69, 9.17) is 4.74 Å². The smallest absolute Gasteiger partial charge is 0.0469 e. The molecule has 2 rings (SSSR count). The highest BCUT2D eigenvalue weighted by Gasteiger charge is 2.17. The average molecular weight is 263 g/mol. The number of nitrogens with one attached hydrogen (secondary N) is 1. The van der Waals surface area contributed by atoms with E-state index in [0.717, 1.165) is 38.8 Å². The molecule has 1 fully saturated rings. The Balaban J connectivity index is 1.98. The third-order valence-corrected chi connectivity index (χ3v) is 3.73. The molecule has 1 saturated heterocycles. The second-order valence-corrected chi connectivity index (χ2v) is 5.22. The van der Waals surface area contributed by atoms with Crippen LogP contribution in [-0.2, 0) is 11.3 Å². The molecule has 106 valence electrons. The van der Waals surface area contributed by atoms with Crippen LogP contribution in [0.4, 0.5) is 5.69 Å². The maximum atomic E-state index is 5.43. The number of hydrogen-bond donors (Lipinski definition) is 1. The second kappa shape index (κ2) is 7.46. The highest BCUT2D eigenvalue weighted by atomic mass is 16.5. The van der Waals surface area contributed by atoms with Gasteiger partial charge in [-0.05, 0) is 31.4 Å². The Hall–Kier alpha value is -1.13. The largest absolute Gasteiger partial charge is 0.381 e. The quantitative estimate of drug-likeness (QED) is 0.852. The zero-order valence-corrected chi connectivity index (χ0v) is 12.1. The monoisotopic (exact) mass is 263 g/mol. The Kier molecular flexibility index (Phi) is 5.61. The van der Waals surface area contributed by atoms with E-state index in [9.17, 15) is 0 Å². The lowest BCUT2D eigenvalue weighted by molar-refractivity contribution is 0.0685. The summed E-state index contributed by atoms with van der Waals surface area (Å²) in [4.78, 5) is 6.61. The Labute approximate surface area is 116 Å². The lowest BCUT2D eigenvalue weighted by Crippen LogP contribution is -2.30. The van der Waals surface area contributed by atoms with E-state index in [1.165, 1.54) is 24.1 Å². The van der Waals surface area contributed by atoms with Crippen LogP contribution in [-0.4, -0.2) is 38.3 Å². The van der Waals surface area contributed by atoms with Gasteiger partial charge in [-0.15, -0.1) is 0 Å². The fraction of sp³-hybridized carbons (Fsp3) is 0.667. The summed E-state index contributed by atoms with van der Waals surface area (Å²) in [6, 6.07) is 2.12. The van der Waals surface area contributed by atoms with Crippen LogP contribution in [0.15, 0.2) is 18.5 Å². The van der Waals surface area contributed by atoms with Crippen LogP contribution in [0.5, 0.6) is 0 Å². The zero-order chi connectivity index (χ0) is 13.5. The molecule has 0 spiro atoms. The first-order valence-electron chi connectivity index (χ1n) is 7.23. The highest BCUT2D eigenvalue weighted by Crippen LogP contribution is 2.22. The van der Waals surface area contributed by atoms with Crippen LogP contribution in [0.3, 0.4) is 0 Å². The van der Waals surface area contributed by atoms with Crippen LogP contribution in [0, 0.1) is 5.92 Å². The fourth-order valence-electron chi connectivity index (χ4n) is 2.60. The molecule has 2 heterocycles. The fourth-order valence-corrected chi connectivity index (χ4v) is 2.60. The summed E-state index contributed by atoms with van der Waals surface area (Å²) in [6.45, 7) is 6.93. The van der Waals surface area contributed by atoms with E-state index in [-0.39, 0.29) is 0 Å². The Morgan fingerprint density at radius 1 is 1.42 bits per heavy atom. The van der Waals surface area contributed by atoms with Gasteiger partial charge in [-0.1, -0.05) is 6.92 Å². The van der Waals surface area contributed by atoms with Gasteiger partial charge in [-0.2, -0.15) is 0 Å². The molecule has 0 bridgehead atoms. The Morgan fingerprint density at radius 3 is 2.95 bits per heavy atom. The van der Waals surface area contributed by atoms with Crippen molar-refractivity contribution in [1.29, 1.82) is 0 Å². The average Bonchev–Trinajstić information content (AvgIpc) is 2.46. The van der Waals surface area contributed by atoms with Gasteiger partial charge in [-0.3, -0.25) is 4.98 Å². The molecule has 1 N–H and O–H groups in total. The molecule has 19 heavy (non-hydrogen) atoms. The summed E-state index contributed by atoms with van der Waals surface area (Å²) in [5.41, 5.74) is 2.57. The molecular formula is C15H25N3O. The summed E-state index contributed by atoms with van der Waals surface area (Å²) >= 11 is 0. The number of aromatic nitrogens is 1. The molecule has 0 atom stereocenters. The van der Waals surface area contributed by atoms with Gasteiger partial charge >= 0.3 is 0 Å². The minimum atomic E-state index is 0.749. The highest BCUT2D eigenvalue weighted by molar-refractivity contribution is 5.51. The number of rotatable bonds is 6. The van der Waals surface area contributed by atoms with Crippen molar-refractivity contribution in [2.75, 3.05) is 38.3 Å². The van der Waals surface area contributed by atoms with Gasteiger partial charge in [0.1, 0.15) is 0 Å². The molecule has 0 radical (unpaired) electrons. The van der Waals surface area contributed by atoms with Crippen molar-refractivity contribution in [1.82, 2.24) is 10.3 Å². The molecule has 0 unspecified atom stereocenters. The van der Waals surface area contributed by atoms with Gasteiger partial charge in [0.2, 0.25) is 0 Å². The van der Waals surface area contributed by atoms with Crippen LogP contribution in [0.25, 0.3) is 0 Å². The van der Waals surface area contributed by atoms with E-state index in [1.807, 2.05) is 12.4 Å². The maximum Gasteiger partial charge on any atom is 0.0469 e. The lowest BCUT2D eigenvalue weighted by atomic mass is 9.99. The first-order chi connectivity index (χ1) is 9.31. The summed E-state index contributed by atoms with van der Waals surface area (Å²) in [5.74, 6) is 0.749. The van der Waals surface area contributed by atoms with E-state index < -0.39 is 0 Å². The van der Waals surface area contributed by atoms with Crippen molar-refractivity contribution >= 4 is 5.69 Å². The third kappa shape index (κ3) is 4.18. The lowest BCUT2D eigenvalue weighted by Gasteiger charge is -2.29. The van der Waals surface area contributed by atoms with Crippen molar-refractivity contribution in [3.8, 4) is 0 Å². The van der Waals surface area contributed by atoms with Crippen molar-refractivity contribution in [2.24, 2.45) is 5.92 Å². The summed E-state index contributed by atoms with van der Waals surface area (Å²) in [7, 11) is 2.18. The van der Waals surface area contributed by atoms with Gasteiger partial charge in [-0.25, -0.2) is 0 Å². The molecule has 1 aromatic heterocycles. The summed E-state index contributed by atoms with van der Waals surface area (Å²) in [5, 5.41) is 3.38. The first-order valence-corrected chi connectivity index (χ1v) is 7.23. The van der Waals surface area contributed by atoms with Crippen LogP contribution in [0.2, 0.25) is 0 Å². The van der Waals surface area contributed by atoms with Crippen molar-refractivity contribution in [2.45, 2.75) is 26.3 Å². The van der Waals surface area contributed by atoms with Gasteiger partial charge in [0.15, 0.2) is 0 Å². The van der Waals surface area contributed by atoms with Gasteiger partial charge < -0.3 is 15.0 Å². The minimum Gasteiger partial charge on any atom is -0.381 e. The van der Waals surface area contributed by atoms with E-state index in [2.05, 4.69) is 35.2 Å². The SMILES string of the molecule is CCNCc1cnccc1N(C)CC1CCOCC1. The normalized spacial score (nSPS) is 16.5. The molecule has 1 aliphatic rings. The third-order valence-electron chi connectivity index (χ3n) is 3.73. The van der Waals surface area contributed by atoms with Crippen LogP contribution >= 0.6 is 0 Å². The van der Waals surface area contributed by atoms with E-state index in [1.54, 1.807) is 0 Å². The minimum absolute atomic E-state index is 0.749. The number of hydrogen-bond acceptors (Lipinski definition) is 4. The van der Waals surface area contributed by atoms with Gasteiger partial charge in [0.05, 0.1) is 0 Å². The molecule has 0 aromatic carbocycles. The zero-order valence-electron chi connectivity index (χ0n) is 12.1. The molecule has 1 aromatic rings. The summed E-state index contributed by atoms with van der Waals surface area (Å²) in [6.07, 6.45) is 6.21. The molecule has 1 aliphatic heterocycles.